The molecule has 2 rings (SSSR count). The number of halogens is 1. The van der Waals surface area contributed by atoms with Gasteiger partial charge in [-0.1, -0.05) is 6.07 Å². The fourth-order valence-electron chi connectivity index (χ4n) is 2.12. The Kier molecular flexibility index (Phi) is 4.40. The molecule has 0 spiro atoms. The minimum absolute atomic E-state index is 0.0122. The van der Waals surface area contributed by atoms with Gasteiger partial charge in [0.15, 0.2) is 0 Å². The van der Waals surface area contributed by atoms with Crippen LogP contribution in [0.5, 0.6) is 0 Å². The van der Waals surface area contributed by atoms with E-state index < -0.39 is 0 Å². The van der Waals surface area contributed by atoms with Gasteiger partial charge in [-0.05, 0) is 60.3 Å². The van der Waals surface area contributed by atoms with E-state index in [1.54, 1.807) is 0 Å². The summed E-state index contributed by atoms with van der Waals surface area (Å²) < 4.78 is 6.32. The van der Waals surface area contributed by atoms with E-state index >= 15 is 0 Å². The Bertz CT molecular complexity index is 441. The Morgan fingerprint density at radius 2 is 2.22 bits per heavy atom. The molecule has 0 atom stereocenters. The highest BCUT2D eigenvalue weighted by Gasteiger charge is 2.31. The smallest absolute Gasteiger partial charge is 0.252 e. The maximum atomic E-state index is 12.1. The Morgan fingerprint density at radius 1 is 1.50 bits per heavy atom. The van der Waals surface area contributed by atoms with Crippen molar-refractivity contribution in [1.29, 1.82) is 0 Å². The molecule has 98 valence electrons. The summed E-state index contributed by atoms with van der Waals surface area (Å²) in [6.45, 7) is 4.75. The van der Waals surface area contributed by atoms with Gasteiger partial charge in [0.2, 0.25) is 0 Å². The molecule has 18 heavy (non-hydrogen) atoms. The lowest BCUT2D eigenvalue weighted by atomic mass is 9.89. The fraction of sp³-hybridized carbons (Fsp3) is 0.500. The third kappa shape index (κ3) is 3.12. The van der Waals surface area contributed by atoms with Crippen LogP contribution in [0.25, 0.3) is 0 Å². The lowest BCUT2D eigenvalue weighted by Gasteiger charge is -2.35. The molecular weight excluding hydrogens is 294 g/mol. The maximum Gasteiger partial charge on any atom is 0.252 e. The van der Waals surface area contributed by atoms with E-state index in [0.29, 0.717) is 11.7 Å². The van der Waals surface area contributed by atoms with Crippen LogP contribution < -0.4 is 5.32 Å². The van der Waals surface area contributed by atoms with Gasteiger partial charge in [0.05, 0.1) is 11.7 Å². The molecule has 1 aliphatic carbocycles. The lowest BCUT2D eigenvalue weighted by molar-refractivity contribution is -0.00863. The highest BCUT2D eigenvalue weighted by Crippen LogP contribution is 2.24. The van der Waals surface area contributed by atoms with E-state index in [0.717, 1.165) is 29.5 Å². The van der Waals surface area contributed by atoms with Crippen LogP contribution in [0.3, 0.4) is 0 Å². The van der Waals surface area contributed by atoms with E-state index in [1.165, 1.54) is 0 Å². The van der Waals surface area contributed by atoms with Crippen LogP contribution in [-0.4, -0.2) is 24.7 Å². The molecule has 1 N–H and O–H groups in total. The van der Waals surface area contributed by atoms with E-state index in [2.05, 4.69) is 21.2 Å². The van der Waals surface area contributed by atoms with Crippen LogP contribution >= 0.6 is 15.9 Å². The summed E-state index contributed by atoms with van der Waals surface area (Å²) in [7, 11) is 0. The number of hydrogen-bond acceptors (Lipinski definition) is 2. The van der Waals surface area contributed by atoms with Gasteiger partial charge >= 0.3 is 0 Å². The first kappa shape index (κ1) is 13.6. The normalized spacial score (nSPS) is 22.4. The zero-order valence-electron chi connectivity index (χ0n) is 10.7. The maximum absolute atomic E-state index is 12.1. The van der Waals surface area contributed by atoms with E-state index in [4.69, 9.17) is 4.74 Å². The zero-order valence-corrected chi connectivity index (χ0v) is 12.3. The van der Waals surface area contributed by atoms with Crippen molar-refractivity contribution in [1.82, 2.24) is 5.32 Å². The molecule has 0 heterocycles. The summed E-state index contributed by atoms with van der Waals surface area (Å²) in [6.07, 6.45) is 2.16. The van der Waals surface area contributed by atoms with Crippen LogP contribution in [0.2, 0.25) is 0 Å². The van der Waals surface area contributed by atoms with Crippen molar-refractivity contribution in [2.24, 2.45) is 0 Å². The molecule has 1 aromatic rings. The summed E-state index contributed by atoms with van der Waals surface area (Å²) in [5.41, 5.74) is 1.83. The molecule has 3 nitrogen and oxygen atoms in total. The highest BCUT2D eigenvalue weighted by atomic mass is 79.9. The quantitative estimate of drug-likeness (QED) is 0.928. The molecule has 0 aliphatic heterocycles. The van der Waals surface area contributed by atoms with Crippen molar-refractivity contribution >= 4 is 21.8 Å². The lowest BCUT2D eigenvalue weighted by Crippen LogP contribution is -2.47. The number of rotatable bonds is 4. The van der Waals surface area contributed by atoms with Gasteiger partial charge in [-0.2, -0.15) is 0 Å². The highest BCUT2D eigenvalue weighted by molar-refractivity contribution is 9.10. The number of benzene rings is 1. The fourth-order valence-corrected chi connectivity index (χ4v) is 2.80. The molecule has 1 amide bonds. The molecule has 4 heteroatoms. The van der Waals surface area contributed by atoms with Gasteiger partial charge in [-0.3, -0.25) is 4.79 Å². The van der Waals surface area contributed by atoms with Gasteiger partial charge in [0.1, 0.15) is 0 Å². The summed E-state index contributed by atoms with van der Waals surface area (Å²) >= 11 is 3.43. The van der Waals surface area contributed by atoms with Crippen LogP contribution in [0, 0.1) is 6.92 Å². The average Bonchev–Trinajstić information content (AvgIpc) is 2.26. The standard InChI is InChI=1S/C14H18BrNO2/c1-3-18-11-7-10(8-11)16-14(17)12-5-4-9(2)6-13(12)15/h4-6,10-11H,3,7-8H2,1-2H3,(H,16,17). The van der Waals surface area contributed by atoms with E-state index in [-0.39, 0.29) is 11.9 Å². The monoisotopic (exact) mass is 311 g/mol. The second kappa shape index (κ2) is 5.85. The number of ether oxygens (including phenoxy) is 1. The third-order valence-electron chi connectivity index (χ3n) is 3.20. The summed E-state index contributed by atoms with van der Waals surface area (Å²) in [5, 5.41) is 3.03. The number of aryl methyl sites for hydroxylation is 1. The van der Waals surface area contributed by atoms with Crippen LogP contribution in [0.15, 0.2) is 22.7 Å². The Hall–Kier alpha value is -0.870. The number of hydrogen-bond donors (Lipinski definition) is 1. The van der Waals surface area contributed by atoms with Gasteiger partial charge in [0.25, 0.3) is 5.91 Å². The predicted octanol–water partition coefficient (Wildman–Crippen LogP) is 3.05. The number of carbonyl (C=O) groups is 1. The Labute approximate surface area is 116 Å². The molecule has 1 aromatic carbocycles. The first-order valence-corrected chi connectivity index (χ1v) is 7.08. The minimum atomic E-state index is -0.0122. The molecule has 0 unspecified atom stereocenters. The number of amides is 1. The van der Waals surface area contributed by atoms with E-state index in [1.807, 2.05) is 32.0 Å². The zero-order chi connectivity index (χ0) is 13.1. The van der Waals surface area contributed by atoms with Crippen molar-refractivity contribution in [3.8, 4) is 0 Å². The molecule has 0 radical (unpaired) electrons. The predicted molar refractivity (Wildman–Crippen MR) is 74.8 cm³/mol. The molecular formula is C14H18BrNO2. The topological polar surface area (TPSA) is 38.3 Å². The molecule has 0 aromatic heterocycles. The molecule has 0 bridgehead atoms. The number of nitrogens with one attached hydrogen (secondary N) is 1. The molecule has 0 saturated heterocycles. The summed E-state index contributed by atoms with van der Waals surface area (Å²) in [4.78, 5) is 12.1. The van der Waals surface area contributed by atoms with Crippen LogP contribution in [0.1, 0.15) is 35.7 Å². The molecule has 1 saturated carbocycles. The van der Waals surface area contributed by atoms with Gasteiger partial charge < -0.3 is 10.1 Å². The van der Waals surface area contributed by atoms with Gasteiger partial charge in [0, 0.05) is 17.1 Å². The SMILES string of the molecule is CCOC1CC(NC(=O)c2ccc(C)cc2Br)C1. The largest absolute Gasteiger partial charge is 0.378 e. The van der Waals surface area contributed by atoms with Gasteiger partial charge in [-0.15, -0.1) is 0 Å². The van der Waals surface area contributed by atoms with Crippen LogP contribution in [-0.2, 0) is 4.74 Å². The first-order valence-electron chi connectivity index (χ1n) is 6.28. The van der Waals surface area contributed by atoms with Crippen LogP contribution in [0.4, 0.5) is 0 Å². The summed E-state index contributed by atoms with van der Waals surface area (Å²) in [6, 6.07) is 6.01. The Balaban J connectivity index is 1.89. The van der Waals surface area contributed by atoms with Crippen molar-refractivity contribution in [3.05, 3.63) is 33.8 Å². The third-order valence-corrected chi connectivity index (χ3v) is 3.86. The Morgan fingerprint density at radius 3 is 2.83 bits per heavy atom. The average molecular weight is 312 g/mol. The summed E-state index contributed by atoms with van der Waals surface area (Å²) in [5.74, 6) is -0.0122. The minimum Gasteiger partial charge on any atom is -0.378 e. The van der Waals surface area contributed by atoms with Crippen molar-refractivity contribution in [2.75, 3.05) is 6.61 Å². The van der Waals surface area contributed by atoms with Gasteiger partial charge in [-0.25, -0.2) is 0 Å². The van der Waals surface area contributed by atoms with Crippen molar-refractivity contribution in [3.63, 3.8) is 0 Å². The molecule has 1 aliphatic rings. The van der Waals surface area contributed by atoms with Crippen molar-refractivity contribution in [2.45, 2.75) is 38.8 Å². The van der Waals surface area contributed by atoms with Crippen molar-refractivity contribution < 1.29 is 9.53 Å². The second-order valence-electron chi connectivity index (χ2n) is 4.70. The van der Waals surface area contributed by atoms with E-state index in [9.17, 15) is 4.79 Å². The number of carbonyl (C=O) groups excluding carboxylic acids is 1. The second-order valence-corrected chi connectivity index (χ2v) is 5.56. The first-order chi connectivity index (χ1) is 8.60. The molecule has 1 fully saturated rings.